The maximum atomic E-state index is 13.7. The number of amides is 1. The van der Waals surface area contributed by atoms with Crippen LogP contribution >= 0.6 is 23.4 Å². The van der Waals surface area contributed by atoms with Crippen molar-refractivity contribution >= 4 is 35.2 Å². The van der Waals surface area contributed by atoms with Crippen LogP contribution in [0.4, 0.5) is 4.39 Å². The number of carboxylic acid groups (broad SMARTS) is 1. The van der Waals surface area contributed by atoms with Crippen LogP contribution in [0.15, 0.2) is 18.2 Å². The molecule has 0 aromatic heterocycles. The second-order valence-electron chi connectivity index (χ2n) is 4.12. The number of hydrogen-bond acceptors (Lipinski definition) is 3. The monoisotopic (exact) mass is 303 g/mol. The van der Waals surface area contributed by atoms with Crippen LogP contribution in [0, 0.1) is 5.82 Å². The van der Waals surface area contributed by atoms with E-state index in [1.54, 1.807) is 6.92 Å². The van der Waals surface area contributed by atoms with Crippen molar-refractivity contribution in [2.24, 2.45) is 0 Å². The number of benzene rings is 1. The summed E-state index contributed by atoms with van der Waals surface area (Å²) in [4.78, 5) is 24.6. The molecule has 4 nitrogen and oxygen atoms in total. The van der Waals surface area contributed by atoms with Gasteiger partial charge in [0.1, 0.15) is 11.9 Å². The zero-order valence-electron chi connectivity index (χ0n) is 9.97. The fourth-order valence-corrected chi connectivity index (χ4v) is 3.27. The Kier molecular flexibility index (Phi) is 4.01. The molecular formula is C12H11ClFNO3S. The van der Waals surface area contributed by atoms with Gasteiger partial charge in [-0.25, -0.2) is 9.18 Å². The van der Waals surface area contributed by atoms with Gasteiger partial charge in [0, 0.05) is 10.8 Å². The Morgan fingerprint density at radius 3 is 2.79 bits per heavy atom. The number of carbonyl (C=O) groups excluding carboxylic acids is 1. The van der Waals surface area contributed by atoms with Gasteiger partial charge in [-0.3, -0.25) is 4.79 Å². The van der Waals surface area contributed by atoms with Crippen LogP contribution in [0.1, 0.15) is 17.3 Å². The molecule has 1 saturated heterocycles. The Hall–Kier alpha value is -1.27. The van der Waals surface area contributed by atoms with Gasteiger partial charge in [-0.1, -0.05) is 11.6 Å². The van der Waals surface area contributed by atoms with E-state index < -0.39 is 23.7 Å². The van der Waals surface area contributed by atoms with Crippen LogP contribution < -0.4 is 0 Å². The average molecular weight is 304 g/mol. The molecule has 1 fully saturated rings. The van der Waals surface area contributed by atoms with Gasteiger partial charge in [0.2, 0.25) is 0 Å². The second kappa shape index (κ2) is 5.38. The molecule has 1 aromatic rings. The zero-order chi connectivity index (χ0) is 14.2. The highest BCUT2D eigenvalue weighted by atomic mass is 35.5. The van der Waals surface area contributed by atoms with Gasteiger partial charge in [-0.15, -0.1) is 11.8 Å². The molecule has 2 unspecified atom stereocenters. The van der Waals surface area contributed by atoms with Crippen LogP contribution in [-0.2, 0) is 4.79 Å². The number of hydrogen-bond donors (Lipinski definition) is 1. The summed E-state index contributed by atoms with van der Waals surface area (Å²) in [5.74, 6) is -2.15. The highest BCUT2D eigenvalue weighted by molar-refractivity contribution is 8.00. The normalized spacial score (nSPS) is 22.6. The summed E-state index contributed by atoms with van der Waals surface area (Å²) in [6.45, 7) is 1.72. The smallest absolute Gasteiger partial charge is 0.327 e. The van der Waals surface area contributed by atoms with E-state index >= 15 is 0 Å². The van der Waals surface area contributed by atoms with Gasteiger partial charge < -0.3 is 10.0 Å². The first-order chi connectivity index (χ1) is 8.91. The lowest BCUT2D eigenvalue weighted by molar-refractivity contribution is -0.141. The first kappa shape index (κ1) is 14.1. The Morgan fingerprint density at radius 2 is 2.21 bits per heavy atom. The van der Waals surface area contributed by atoms with E-state index in [9.17, 15) is 14.0 Å². The molecule has 0 spiro atoms. The summed E-state index contributed by atoms with van der Waals surface area (Å²) in [5, 5.41) is 8.97. The quantitative estimate of drug-likeness (QED) is 0.912. The average Bonchev–Trinajstić information content (AvgIpc) is 2.70. The first-order valence-corrected chi connectivity index (χ1v) is 6.96. The minimum absolute atomic E-state index is 0.162. The topological polar surface area (TPSA) is 57.6 Å². The molecule has 2 atom stereocenters. The Balaban J connectivity index is 2.34. The Labute approximate surface area is 118 Å². The number of aliphatic carboxylic acids is 1. The molecule has 0 bridgehead atoms. The lowest BCUT2D eigenvalue weighted by atomic mass is 10.1. The first-order valence-electron chi connectivity index (χ1n) is 5.54. The molecule has 1 heterocycles. The van der Waals surface area contributed by atoms with Gasteiger partial charge in [-0.2, -0.15) is 0 Å². The van der Waals surface area contributed by atoms with Crippen molar-refractivity contribution in [2.45, 2.75) is 18.3 Å². The predicted molar refractivity (Wildman–Crippen MR) is 70.9 cm³/mol. The third-order valence-corrected chi connectivity index (χ3v) is 4.36. The lowest BCUT2D eigenvalue weighted by Crippen LogP contribution is -2.45. The van der Waals surface area contributed by atoms with Crippen LogP contribution in [0.2, 0.25) is 5.02 Å². The molecule has 102 valence electrons. The zero-order valence-corrected chi connectivity index (χ0v) is 11.5. The molecule has 0 aliphatic carbocycles. The van der Waals surface area contributed by atoms with E-state index in [2.05, 4.69) is 0 Å². The number of carboxylic acids is 1. The maximum absolute atomic E-state index is 13.7. The van der Waals surface area contributed by atoms with E-state index in [1.165, 1.54) is 28.8 Å². The van der Waals surface area contributed by atoms with Gasteiger partial charge in [0.05, 0.1) is 10.9 Å². The van der Waals surface area contributed by atoms with Crippen molar-refractivity contribution in [3.05, 3.63) is 34.6 Å². The molecule has 7 heteroatoms. The fraction of sp³-hybridized carbons (Fsp3) is 0.333. The summed E-state index contributed by atoms with van der Waals surface area (Å²) in [6, 6.07) is 2.79. The lowest BCUT2D eigenvalue weighted by Gasteiger charge is -2.25. The number of rotatable bonds is 2. The summed E-state index contributed by atoms with van der Waals surface area (Å²) in [5.41, 5.74) is -0.162. The van der Waals surface area contributed by atoms with Gasteiger partial charge in [0.25, 0.3) is 5.91 Å². The van der Waals surface area contributed by atoms with Crippen LogP contribution in [0.25, 0.3) is 0 Å². The van der Waals surface area contributed by atoms with E-state index in [4.69, 9.17) is 16.7 Å². The van der Waals surface area contributed by atoms with Crippen molar-refractivity contribution in [3.63, 3.8) is 0 Å². The highest BCUT2D eigenvalue weighted by Gasteiger charge is 2.40. The van der Waals surface area contributed by atoms with Crippen molar-refractivity contribution in [3.8, 4) is 0 Å². The standard InChI is InChI=1S/C12H11ClFNO3S/c1-6-15(10(5-19-6)12(17)18)11(16)8-3-2-7(13)4-9(8)14/h2-4,6,10H,5H2,1H3,(H,17,18). The number of halogens is 2. The van der Waals surface area contributed by atoms with Gasteiger partial charge in [0.15, 0.2) is 0 Å². The molecule has 1 aliphatic heterocycles. The van der Waals surface area contributed by atoms with E-state index in [-0.39, 0.29) is 16.0 Å². The van der Waals surface area contributed by atoms with Gasteiger partial charge in [-0.05, 0) is 25.1 Å². The van der Waals surface area contributed by atoms with Crippen LogP contribution in [0.3, 0.4) is 0 Å². The van der Waals surface area contributed by atoms with Crippen molar-refractivity contribution < 1.29 is 19.1 Å². The number of nitrogens with zero attached hydrogens (tertiary/aromatic N) is 1. The predicted octanol–water partition coefficient (Wildman–Crippen LogP) is 2.47. The van der Waals surface area contributed by atoms with Crippen molar-refractivity contribution in [1.29, 1.82) is 0 Å². The molecule has 0 radical (unpaired) electrons. The molecule has 0 saturated carbocycles. The summed E-state index contributed by atoms with van der Waals surface area (Å²) >= 11 is 6.98. The minimum Gasteiger partial charge on any atom is -0.480 e. The largest absolute Gasteiger partial charge is 0.480 e. The minimum atomic E-state index is -1.08. The fourth-order valence-electron chi connectivity index (χ4n) is 1.94. The van der Waals surface area contributed by atoms with E-state index in [0.29, 0.717) is 5.75 Å². The summed E-state index contributed by atoms with van der Waals surface area (Å²) in [6.07, 6.45) is 0. The van der Waals surface area contributed by atoms with Gasteiger partial charge >= 0.3 is 5.97 Å². The second-order valence-corrected chi connectivity index (χ2v) is 5.91. The molecular weight excluding hydrogens is 293 g/mol. The highest BCUT2D eigenvalue weighted by Crippen LogP contribution is 2.31. The Morgan fingerprint density at radius 1 is 1.53 bits per heavy atom. The molecule has 1 aromatic carbocycles. The molecule has 1 aliphatic rings. The number of thioether (sulfide) groups is 1. The summed E-state index contributed by atoms with van der Waals surface area (Å²) < 4.78 is 13.7. The third-order valence-electron chi connectivity index (χ3n) is 2.90. The van der Waals surface area contributed by atoms with Crippen LogP contribution in [0.5, 0.6) is 0 Å². The maximum Gasteiger partial charge on any atom is 0.327 e. The number of carbonyl (C=O) groups is 2. The summed E-state index contributed by atoms with van der Waals surface area (Å²) in [7, 11) is 0. The molecule has 1 amide bonds. The molecule has 2 rings (SSSR count). The van der Waals surface area contributed by atoms with Crippen molar-refractivity contribution in [2.75, 3.05) is 5.75 Å². The van der Waals surface area contributed by atoms with E-state index in [0.717, 1.165) is 6.07 Å². The van der Waals surface area contributed by atoms with Crippen molar-refractivity contribution in [1.82, 2.24) is 4.90 Å². The van der Waals surface area contributed by atoms with Crippen LogP contribution in [-0.4, -0.2) is 39.1 Å². The molecule has 1 N–H and O–H groups in total. The molecule has 19 heavy (non-hydrogen) atoms. The Bertz CT molecular complexity index is 540. The SMILES string of the molecule is CC1SCC(C(=O)O)N1C(=O)c1ccc(Cl)cc1F. The third kappa shape index (κ3) is 2.69. The van der Waals surface area contributed by atoms with E-state index in [1.807, 2.05) is 0 Å².